The molecule has 0 aromatic heterocycles. The van der Waals surface area contributed by atoms with Crippen molar-refractivity contribution in [3.63, 3.8) is 0 Å². The van der Waals surface area contributed by atoms with Gasteiger partial charge in [0.2, 0.25) is 5.91 Å². The fourth-order valence-electron chi connectivity index (χ4n) is 7.17. The number of amides is 1. The monoisotopic (exact) mass is 458 g/mol. The number of nitrogens with zero attached hydrogens (tertiary/aromatic N) is 2. The Morgan fingerprint density at radius 2 is 1.29 bits per heavy atom. The van der Waals surface area contributed by atoms with Crippen molar-refractivity contribution in [3.05, 3.63) is 113 Å². The molecule has 3 heteroatoms. The maximum atomic E-state index is 14.2. The number of rotatable bonds is 2. The van der Waals surface area contributed by atoms with Crippen molar-refractivity contribution in [2.24, 2.45) is 5.41 Å². The van der Waals surface area contributed by atoms with E-state index in [0.717, 1.165) is 32.6 Å². The molecule has 3 aliphatic carbocycles. The first-order chi connectivity index (χ1) is 17.1. The maximum absolute atomic E-state index is 14.2. The largest absolute Gasteiger partial charge is 0.367 e. The molecule has 0 radical (unpaired) electrons. The molecule has 0 spiro atoms. The van der Waals surface area contributed by atoms with Crippen molar-refractivity contribution in [3.8, 4) is 0 Å². The molecule has 1 unspecified atom stereocenters. The van der Waals surface area contributed by atoms with Crippen molar-refractivity contribution in [2.75, 3.05) is 31.1 Å². The lowest BCUT2D eigenvalue weighted by atomic mass is 9.52. The second-order valence-electron chi connectivity index (χ2n) is 10.6. The SMILES string of the molecule is CC1(C(=O)N2CCN(c3cccc4ccccc34)CC2)CC2c3ccccc3C1c1ccccc12. The van der Waals surface area contributed by atoms with Crippen LogP contribution in [-0.2, 0) is 4.79 Å². The summed E-state index contributed by atoms with van der Waals surface area (Å²) >= 11 is 0. The van der Waals surface area contributed by atoms with Gasteiger partial charge in [-0.25, -0.2) is 0 Å². The summed E-state index contributed by atoms with van der Waals surface area (Å²) < 4.78 is 0. The van der Waals surface area contributed by atoms with Gasteiger partial charge < -0.3 is 9.80 Å². The van der Waals surface area contributed by atoms with Crippen molar-refractivity contribution in [2.45, 2.75) is 25.2 Å². The quantitative estimate of drug-likeness (QED) is 0.358. The van der Waals surface area contributed by atoms with E-state index in [9.17, 15) is 4.79 Å². The van der Waals surface area contributed by atoms with Gasteiger partial charge in [-0.1, -0.05) is 84.9 Å². The molecule has 1 atom stereocenters. The summed E-state index contributed by atoms with van der Waals surface area (Å²) in [5.74, 6) is 0.760. The van der Waals surface area contributed by atoms with Gasteiger partial charge >= 0.3 is 0 Å². The molecule has 4 aromatic rings. The van der Waals surface area contributed by atoms with Gasteiger partial charge in [0.15, 0.2) is 0 Å². The van der Waals surface area contributed by atoms with E-state index < -0.39 is 5.41 Å². The van der Waals surface area contributed by atoms with Crippen molar-refractivity contribution >= 4 is 22.4 Å². The fraction of sp³-hybridized carbons (Fsp3) is 0.281. The predicted molar refractivity (Wildman–Crippen MR) is 142 cm³/mol. The maximum Gasteiger partial charge on any atom is 0.229 e. The van der Waals surface area contributed by atoms with Crippen LogP contribution in [0.1, 0.15) is 47.4 Å². The molecule has 2 bridgehead atoms. The number of piperazine rings is 1. The molecule has 35 heavy (non-hydrogen) atoms. The Bertz CT molecular complexity index is 1400. The predicted octanol–water partition coefficient (Wildman–Crippen LogP) is 6.18. The van der Waals surface area contributed by atoms with E-state index in [0.29, 0.717) is 11.8 Å². The molecule has 4 aliphatic rings. The summed E-state index contributed by atoms with van der Waals surface area (Å²) in [4.78, 5) is 18.8. The van der Waals surface area contributed by atoms with Gasteiger partial charge in [-0.3, -0.25) is 4.79 Å². The average molecular weight is 459 g/mol. The summed E-state index contributed by atoms with van der Waals surface area (Å²) in [6.45, 7) is 5.53. The molecule has 0 saturated carbocycles. The van der Waals surface area contributed by atoms with Gasteiger partial charge in [0.1, 0.15) is 0 Å². The lowest BCUT2D eigenvalue weighted by Gasteiger charge is -2.52. The zero-order valence-electron chi connectivity index (χ0n) is 20.2. The first-order valence-electron chi connectivity index (χ1n) is 12.8. The van der Waals surface area contributed by atoms with Gasteiger partial charge in [0.25, 0.3) is 0 Å². The molecule has 1 heterocycles. The lowest BCUT2D eigenvalue weighted by molar-refractivity contribution is -0.143. The first kappa shape index (κ1) is 20.8. The Hall–Kier alpha value is -3.59. The van der Waals surface area contributed by atoms with Gasteiger partial charge in [-0.05, 0) is 47.1 Å². The summed E-state index contributed by atoms with van der Waals surface area (Å²) in [7, 11) is 0. The van der Waals surface area contributed by atoms with Crippen molar-refractivity contribution in [1.82, 2.24) is 4.90 Å². The van der Waals surface area contributed by atoms with Crippen LogP contribution in [0.3, 0.4) is 0 Å². The molecule has 0 N–H and O–H groups in total. The number of hydrogen-bond donors (Lipinski definition) is 0. The Labute approximate surface area is 207 Å². The third-order valence-electron chi connectivity index (χ3n) is 8.79. The highest BCUT2D eigenvalue weighted by molar-refractivity contribution is 5.94. The highest BCUT2D eigenvalue weighted by Crippen LogP contribution is 2.61. The molecule has 1 fully saturated rings. The van der Waals surface area contributed by atoms with Crippen LogP contribution in [0.25, 0.3) is 10.8 Å². The second-order valence-corrected chi connectivity index (χ2v) is 10.6. The zero-order valence-corrected chi connectivity index (χ0v) is 20.2. The summed E-state index contributed by atoms with van der Waals surface area (Å²) in [6.07, 6.45) is 0.897. The number of anilines is 1. The fourth-order valence-corrected chi connectivity index (χ4v) is 7.17. The van der Waals surface area contributed by atoms with E-state index in [4.69, 9.17) is 0 Å². The number of fused-ring (bicyclic) bond motifs is 2. The highest BCUT2D eigenvalue weighted by atomic mass is 16.2. The van der Waals surface area contributed by atoms with Crippen molar-refractivity contribution < 1.29 is 4.79 Å². The molecule has 1 amide bonds. The van der Waals surface area contributed by atoms with E-state index in [1.54, 1.807) is 0 Å². The standard InChI is InChI=1S/C32H30N2O/c1-32(21-28-24-12-4-6-14-26(24)30(32)27-15-7-5-13-25(27)28)31(35)34-19-17-33(18-20-34)29-16-8-10-22-9-2-3-11-23(22)29/h2-16,28,30H,17-21H2,1H3. The Kier molecular flexibility index (Phi) is 4.57. The number of carbonyl (C=O) groups is 1. The molecular formula is C32H30N2O. The van der Waals surface area contributed by atoms with Crippen LogP contribution in [-0.4, -0.2) is 37.0 Å². The Morgan fingerprint density at radius 3 is 1.97 bits per heavy atom. The minimum atomic E-state index is -0.408. The van der Waals surface area contributed by atoms with Gasteiger partial charge in [-0.15, -0.1) is 0 Å². The van der Waals surface area contributed by atoms with E-state index in [2.05, 4.69) is 108 Å². The van der Waals surface area contributed by atoms with Crippen molar-refractivity contribution in [1.29, 1.82) is 0 Å². The zero-order chi connectivity index (χ0) is 23.6. The highest BCUT2D eigenvalue weighted by Gasteiger charge is 2.55. The van der Waals surface area contributed by atoms with E-state index in [1.807, 2.05) is 0 Å². The lowest BCUT2D eigenvalue weighted by Crippen LogP contribution is -2.56. The minimum absolute atomic E-state index is 0.128. The third kappa shape index (κ3) is 3.00. The summed E-state index contributed by atoms with van der Waals surface area (Å²) in [5.41, 5.74) is 6.42. The molecule has 174 valence electrons. The van der Waals surface area contributed by atoms with Crippen LogP contribution in [0, 0.1) is 5.41 Å². The average Bonchev–Trinajstić information content (AvgIpc) is 2.92. The minimum Gasteiger partial charge on any atom is -0.367 e. The van der Waals surface area contributed by atoms with Crippen LogP contribution < -0.4 is 4.90 Å². The molecule has 4 aromatic carbocycles. The molecule has 1 aliphatic heterocycles. The Balaban J connectivity index is 1.18. The summed E-state index contributed by atoms with van der Waals surface area (Å²) in [6, 6.07) is 32.7. The van der Waals surface area contributed by atoms with Crippen LogP contribution >= 0.6 is 0 Å². The molecule has 3 nitrogen and oxygen atoms in total. The van der Waals surface area contributed by atoms with Crippen LogP contribution in [0.5, 0.6) is 0 Å². The molecule has 1 saturated heterocycles. The number of hydrogen-bond acceptors (Lipinski definition) is 2. The third-order valence-corrected chi connectivity index (χ3v) is 8.79. The summed E-state index contributed by atoms with van der Waals surface area (Å²) in [5, 5.41) is 2.56. The van der Waals surface area contributed by atoms with Gasteiger partial charge in [-0.2, -0.15) is 0 Å². The number of carbonyl (C=O) groups excluding carboxylic acids is 1. The smallest absolute Gasteiger partial charge is 0.229 e. The first-order valence-corrected chi connectivity index (χ1v) is 12.8. The van der Waals surface area contributed by atoms with E-state index >= 15 is 0 Å². The second kappa shape index (κ2) is 7.71. The normalized spacial score (nSPS) is 24.8. The van der Waals surface area contributed by atoms with E-state index in [-0.39, 0.29) is 5.92 Å². The molecule has 8 rings (SSSR count). The van der Waals surface area contributed by atoms with Gasteiger partial charge in [0, 0.05) is 49.1 Å². The van der Waals surface area contributed by atoms with Crippen LogP contribution in [0.2, 0.25) is 0 Å². The van der Waals surface area contributed by atoms with Gasteiger partial charge in [0.05, 0.1) is 5.41 Å². The molecular weight excluding hydrogens is 428 g/mol. The topological polar surface area (TPSA) is 23.6 Å². The Morgan fingerprint density at radius 1 is 0.714 bits per heavy atom. The van der Waals surface area contributed by atoms with E-state index in [1.165, 1.54) is 38.7 Å². The van der Waals surface area contributed by atoms with Crippen LogP contribution in [0.4, 0.5) is 5.69 Å². The van der Waals surface area contributed by atoms with Crippen LogP contribution in [0.15, 0.2) is 91.0 Å². The number of benzene rings is 4.